The molecular weight excluding hydrogens is 374 g/mol. The van der Waals surface area contributed by atoms with Crippen LogP contribution in [0, 0.1) is 0 Å². The normalized spacial score (nSPS) is 13.1. The van der Waals surface area contributed by atoms with Crippen LogP contribution in [0.4, 0.5) is 5.69 Å². The molecule has 0 saturated heterocycles. The molecule has 1 heterocycles. The average Bonchev–Trinajstić information content (AvgIpc) is 2.99. The maximum Gasteiger partial charge on any atom is 0.248 e. The van der Waals surface area contributed by atoms with Gasteiger partial charge in [-0.3, -0.25) is 20.6 Å². The van der Waals surface area contributed by atoms with Gasteiger partial charge in [0.25, 0.3) is 0 Å². The van der Waals surface area contributed by atoms with E-state index in [-0.39, 0.29) is 11.7 Å². The van der Waals surface area contributed by atoms with Crippen LogP contribution < -0.4 is 21.5 Å². The highest BCUT2D eigenvalue weighted by Gasteiger charge is 2.09. The van der Waals surface area contributed by atoms with Crippen molar-refractivity contribution in [3.05, 3.63) is 28.7 Å². The molecular formula is C12H14BrN5OS2. The molecule has 0 atom stereocenters. The molecule has 21 heavy (non-hydrogen) atoms. The number of benzene rings is 1. The van der Waals surface area contributed by atoms with Crippen molar-refractivity contribution in [3.8, 4) is 0 Å². The van der Waals surface area contributed by atoms with Crippen LogP contribution in [0.15, 0.2) is 33.7 Å². The lowest BCUT2D eigenvalue weighted by molar-refractivity contribution is -0.119. The topological polar surface area (TPSA) is 77.5 Å². The van der Waals surface area contributed by atoms with E-state index in [1.807, 2.05) is 24.3 Å². The zero-order chi connectivity index (χ0) is 15.1. The second-order valence-corrected chi connectivity index (χ2v) is 6.32. The number of hydrogen-bond acceptors (Lipinski definition) is 5. The number of nitrogens with zero attached hydrogens (tertiary/aromatic N) is 1. The van der Waals surface area contributed by atoms with Crippen molar-refractivity contribution in [1.82, 2.24) is 16.2 Å². The zero-order valence-corrected chi connectivity index (χ0v) is 14.2. The number of aliphatic imine (C=N–C) groups is 1. The number of hydrogen-bond donors (Lipinski definition) is 4. The molecule has 0 saturated carbocycles. The molecule has 1 amide bonds. The van der Waals surface area contributed by atoms with Crippen LogP contribution in [0.5, 0.6) is 0 Å². The van der Waals surface area contributed by atoms with Gasteiger partial charge in [-0.15, -0.1) is 0 Å². The average molecular weight is 388 g/mol. The number of carbonyl (C=O) groups excluding carboxylic acids is 1. The number of thiocarbonyl (C=S) groups is 1. The first-order chi connectivity index (χ1) is 10.1. The lowest BCUT2D eigenvalue weighted by Gasteiger charge is -2.11. The third kappa shape index (κ3) is 5.90. The Morgan fingerprint density at radius 3 is 2.81 bits per heavy atom. The van der Waals surface area contributed by atoms with Gasteiger partial charge in [0.2, 0.25) is 5.91 Å². The summed E-state index contributed by atoms with van der Waals surface area (Å²) in [6, 6.07) is 7.55. The quantitative estimate of drug-likeness (QED) is 0.464. The molecule has 0 fully saturated rings. The summed E-state index contributed by atoms with van der Waals surface area (Å²) < 4.78 is 0.987. The van der Waals surface area contributed by atoms with E-state index in [9.17, 15) is 4.79 Å². The number of anilines is 1. The first-order valence-electron chi connectivity index (χ1n) is 6.16. The second-order valence-electron chi connectivity index (χ2n) is 4.04. The molecule has 2 rings (SSSR count). The molecule has 0 unspecified atom stereocenters. The van der Waals surface area contributed by atoms with Gasteiger partial charge in [-0.1, -0.05) is 27.7 Å². The van der Waals surface area contributed by atoms with Gasteiger partial charge in [-0.05, 0) is 36.5 Å². The number of amides is 1. The highest BCUT2D eigenvalue weighted by Crippen LogP contribution is 2.13. The van der Waals surface area contributed by atoms with Crippen LogP contribution in [0.25, 0.3) is 0 Å². The van der Waals surface area contributed by atoms with E-state index in [4.69, 9.17) is 12.2 Å². The summed E-state index contributed by atoms with van der Waals surface area (Å²) in [5.41, 5.74) is 6.03. The number of carbonyl (C=O) groups is 1. The van der Waals surface area contributed by atoms with Crippen LogP contribution in [-0.2, 0) is 4.79 Å². The molecule has 4 N–H and O–H groups in total. The van der Waals surface area contributed by atoms with Gasteiger partial charge in [0.15, 0.2) is 10.3 Å². The minimum Gasteiger partial charge on any atom is -0.363 e. The summed E-state index contributed by atoms with van der Waals surface area (Å²) in [5.74, 6) is 0.107. The van der Waals surface area contributed by atoms with Gasteiger partial charge < -0.3 is 10.6 Å². The summed E-state index contributed by atoms with van der Waals surface area (Å²) in [7, 11) is 0. The van der Waals surface area contributed by atoms with Crippen LogP contribution in [0.1, 0.15) is 0 Å². The predicted octanol–water partition coefficient (Wildman–Crippen LogP) is 1.46. The Hall–Kier alpha value is -1.32. The lowest BCUT2D eigenvalue weighted by atomic mass is 10.3. The first kappa shape index (κ1) is 16.1. The molecule has 0 aromatic heterocycles. The Morgan fingerprint density at radius 1 is 1.38 bits per heavy atom. The summed E-state index contributed by atoms with van der Waals surface area (Å²) in [4.78, 5) is 15.8. The number of halogens is 1. The molecule has 1 aromatic rings. The van der Waals surface area contributed by atoms with E-state index in [0.29, 0.717) is 5.11 Å². The van der Waals surface area contributed by atoms with E-state index < -0.39 is 0 Å². The fraction of sp³-hybridized carbons (Fsp3) is 0.250. The molecule has 9 heteroatoms. The summed E-state index contributed by atoms with van der Waals surface area (Å²) in [6.45, 7) is 1.60. The van der Waals surface area contributed by atoms with E-state index in [2.05, 4.69) is 42.4 Å². The van der Waals surface area contributed by atoms with Crippen molar-refractivity contribution in [3.63, 3.8) is 0 Å². The predicted molar refractivity (Wildman–Crippen MR) is 94.4 cm³/mol. The lowest BCUT2D eigenvalue weighted by Crippen LogP contribution is -2.44. The van der Waals surface area contributed by atoms with Gasteiger partial charge in [-0.2, -0.15) is 0 Å². The molecule has 6 nitrogen and oxygen atoms in total. The van der Waals surface area contributed by atoms with Crippen molar-refractivity contribution < 1.29 is 4.79 Å². The maximum absolute atomic E-state index is 11.6. The molecule has 0 bridgehead atoms. The monoisotopic (exact) mass is 387 g/mol. The molecule has 112 valence electrons. The summed E-state index contributed by atoms with van der Waals surface area (Å²) in [6.07, 6.45) is 0. The number of rotatable bonds is 3. The smallest absolute Gasteiger partial charge is 0.248 e. The summed E-state index contributed by atoms with van der Waals surface area (Å²) in [5, 5.41) is 7.18. The van der Waals surface area contributed by atoms with E-state index in [1.54, 1.807) is 0 Å². The SMILES string of the molecule is O=C(CSC1=NCCN1)NNC(=S)Nc1ccc(Br)cc1. The summed E-state index contributed by atoms with van der Waals surface area (Å²) >= 11 is 9.81. The highest BCUT2D eigenvalue weighted by atomic mass is 79.9. The van der Waals surface area contributed by atoms with Crippen molar-refractivity contribution >= 4 is 61.8 Å². The Bertz CT molecular complexity index is 549. The fourth-order valence-corrected chi connectivity index (χ4v) is 2.62. The maximum atomic E-state index is 11.6. The van der Waals surface area contributed by atoms with Gasteiger partial charge in [0.05, 0.1) is 12.3 Å². The van der Waals surface area contributed by atoms with E-state index >= 15 is 0 Å². The third-order valence-electron chi connectivity index (χ3n) is 2.40. The number of thioether (sulfide) groups is 1. The minimum atomic E-state index is -0.170. The third-order valence-corrected chi connectivity index (χ3v) is 4.09. The highest BCUT2D eigenvalue weighted by molar-refractivity contribution is 9.10. The van der Waals surface area contributed by atoms with Crippen molar-refractivity contribution in [2.45, 2.75) is 0 Å². The molecule has 0 aliphatic carbocycles. The van der Waals surface area contributed by atoms with E-state index in [0.717, 1.165) is 28.4 Å². The van der Waals surface area contributed by atoms with Gasteiger partial charge in [0, 0.05) is 16.7 Å². The Morgan fingerprint density at radius 2 is 2.14 bits per heavy atom. The van der Waals surface area contributed by atoms with Crippen LogP contribution in [0.2, 0.25) is 0 Å². The number of amidine groups is 1. The van der Waals surface area contributed by atoms with Gasteiger partial charge >= 0.3 is 0 Å². The largest absolute Gasteiger partial charge is 0.363 e. The molecule has 0 spiro atoms. The Balaban J connectivity index is 1.65. The second kappa shape index (κ2) is 8.20. The number of hydrazine groups is 1. The van der Waals surface area contributed by atoms with E-state index in [1.165, 1.54) is 11.8 Å². The molecule has 1 aliphatic rings. The van der Waals surface area contributed by atoms with Crippen molar-refractivity contribution in [2.75, 3.05) is 24.2 Å². The molecule has 1 aromatic carbocycles. The fourth-order valence-electron chi connectivity index (χ4n) is 1.46. The first-order valence-corrected chi connectivity index (χ1v) is 8.35. The van der Waals surface area contributed by atoms with Crippen molar-refractivity contribution in [2.24, 2.45) is 4.99 Å². The number of nitrogens with one attached hydrogen (secondary N) is 4. The van der Waals surface area contributed by atoms with Crippen molar-refractivity contribution in [1.29, 1.82) is 0 Å². The zero-order valence-electron chi connectivity index (χ0n) is 11.0. The standard InChI is InChI=1S/C12H14BrN5OS2/c13-8-1-3-9(4-2-8)16-11(20)18-17-10(19)7-21-12-14-5-6-15-12/h1-4H,5-7H2,(H,14,15)(H,17,19)(H2,16,18,20). The van der Waals surface area contributed by atoms with Crippen LogP contribution >= 0.6 is 39.9 Å². The minimum absolute atomic E-state index is 0.170. The van der Waals surface area contributed by atoms with Crippen LogP contribution in [0.3, 0.4) is 0 Å². The Kier molecular flexibility index (Phi) is 6.27. The van der Waals surface area contributed by atoms with Gasteiger partial charge in [0.1, 0.15) is 0 Å². The van der Waals surface area contributed by atoms with Crippen LogP contribution in [-0.4, -0.2) is 35.0 Å². The van der Waals surface area contributed by atoms with Gasteiger partial charge in [-0.25, -0.2) is 0 Å². The molecule has 0 radical (unpaired) electrons. The molecule has 1 aliphatic heterocycles. The Labute approximate surface area is 140 Å².